The molecular formula is C14H19N5O2. The van der Waals surface area contributed by atoms with Crippen LogP contribution in [0.1, 0.15) is 43.3 Å². The molecule has 0 aliphatic carbocycles. The minimum atomic E-state index is -0.205. The maximum Gasteiger partial charge on any atom is 0.232 e. The molecule has 2 aromatic heterocycles. The lowest BCUT2D eigenvalue weighted by molar-refractivity contribution is -0.139. The highest BCUT2D eigenvalue weighted by Gasteiger charge is 2.36. The Morgan fingerprint density at radius 1 is 1.33 bits per heavy atom. The molecule has 2 atom stereocenters. The highest BCUT2D eigenvalue weighted by atomic mass is 16.2. The van der Waals surface area contributed by atoms with Crippen LogP contribution in [0.4, 0.5) is 0 Å². The van der Waals surface area contributed by atoms with Crippen molar-refractivity contribution in [2.75, 3.05) is 6.54 Å². The second kappa shape index (κ2) is 4.68. The van der Waals surface area contributed by atoms with Gasteiger partial charge in [0.05, 0.1) is 5.69 Å². The molecule has 3 rings (SSSR count). The van der Waals surface area contributed by atoms with E-state index in [4.69, 9.17) is 0 Å². The molecule has 2 aromatic rings. The van der Waals surface area contributed by atoms with Crippen LogP contribution in [0.25, 0.3) is 5.65 Å². The molecule has 1 aliphatic heterocycles. The predicted molar refractivity (Wildman–Crippen MR) is 75.7 cm³/mol. The van der Waals surface area contributed by atoms with Gasteiger partial charge in [0.15, 0.2) is 5.65 Å². The number of hydrogen-bond acceptors (Lipinski definition) is 4. The van der Waals surface area contributed by atoms with E-state index >= 15 is 0 Å². The highest BCUT2D eigenvalue weighted by molar-refractivity contribution is 6.03. The van der Waals surface area contributed by atoms with Crippen molar-refractivity contribution in [1.29, 1.82) is 0 Å². The van der Waals surface area contributed by atoms with Crippen molar-refractivity contribution >= 4 is 17.5 Å². The van der Waals surface area contributed by atoms with Crippen LogP contribution in [-0.2, 0) is 9.59 Å². The van der Waals surface area contributed by atoms with E-state index in [1.807, 2.05) is 20.8 Å². The van der Waals surface area contributed by atoms with Crippen molar-refractivity contribution in [3.05, 3.63) is 17.1 Å². The number of nitrogens with one attached hydrogen (secondary N) is 1. The average molecular weight is 289 g/mol. The Labute approximate surface area is 122 Å². The second-order valence-corrected chi connectivity index (χ2v) is 5.91. The maximum absolute atomic E-state index is 12.0. The van der Waals surface area contributed by atoms with Crippen LogP contribution in [0.15, 0.2) is 0 Å². The van der Waals surface area contributed by atoms with E-state index in [0.717, 1.165) is 22.7 Å². The van der Waals surface area contributed by atoms with Gasteiger partial charge in [-0.1, -0.05) is 13.8 Å². The molecule has 0 radical (unpaired) electrons. The fourth-order valence-electron chi connectivity index (χ4n) is 2.68. The summed E-state index contributed by atoms with van der Waals surface area (Å²) >= 11 is 0. The van der Waals surface area contributed by atoms with Gasteiger partial charge in [-0.3, -0.25) is 14.5 Å². The number of hydrogen-bond donors (Lipinski definition) is 1. The van der Waals surface area contributed by atoms with Gasteiger partial charge in [-0.05, 0) is 13.8 Å². The van der Waals surface area contributed by atoms with Gasteiger partial charge in [0.1, 0.15) is 5.82 Å². The topological polar surface area (TPSA) is 83.4 Å². The molecule has 2 amide bonds. The monoisotopic (exact) mass is 289 g/mol. The van der Waals surface area contributed by atoms with Gasteiger partial charge in [-0.15, -0.1) is 9.73 Å². The number of imide groups is 1. The Morgan fingerprint density at radius 2 is 2.05 bits per heavy atom. The maximum atomic E-state index is 12.0. The van der Waals surface area contributed by atoms with Gasteiger partial charge in [-0.25, -0.2) is 0 Å². The van der Waals surface area contributed by atoms with Gasteiger partial charge in [-0.2, -0.15) is 5.10 Å². The summed E-state index contributed by atoms with van der Waals surface area (Å²) in [5.74, 6) is 0.298. The Kier molecular flexibility index (Phi) is 3.07. The summed E-state index contributed by atoms with van der Waals surface area (Å²) in [5.41, 5.74) is 2.86. The number of likely N-dealkylation sites (tertiary alicyclic amines) is 1. The first-order valence-electron chi connectivity index (χ1n) is 7.14. The Bertz CT molecular complexity index is 729. The first-order valence-corrected chi connectivity index (χ1v) is 7.14. The van der Waals surface area contributed by atoms with Crippen molar-refractivity contribution in [2.24, 2.45) is 5.92 Å². The summed E-state index contributed by atoms with van der Waals surface area (Å²) in [6.45, 7) is 8.02. The molecule has 1 N–H and O–H groups in total. The van der Waals surface area contributed by atoms with Crippen LogP contribution in [0.3, 0.4) is 0 Å². The van der Waals surface area contributed by atoms with Crippen LogP contribution < -0.4 is 0 Å². The van der Waals surface area contributed by atoms with E-state index in [9.17, 15) is 9.59 Å². The Balaban J connectivity index is 1.82. The molecule has 1 aliphatic rings. The summed E-state index contributed by atoms with van der Waals surface area (Å²) in [6, 6.07) is 0. The zero-order valence-electron chi connectivity index (χ0n) is 12.7. The normalized spacial score (nSPS) is 20.8. The minimum absolute atomic E-state index is 0.0513. The molecule has 0 spiro atoms. The molecule has 7 nitrogen and oxygen atoms in total. The van der Waals surface area contributed by atoms with E-state index < -0.39 is 0 Å². The van der Waals surface area contributed by atoms with Gasteiger partial charge in [0.25, 0.3) is 0 Å². The number of H-pyrrole nitrogens is 1. The molecule has 112 valence electrons. The molecule has 1 fully saturated rings. The molecule has 2 unspecified atom stereocenters. The molecule has 0 bridgehead atoms. The van der Waals surface area contributed by atoms with Crippen LogP contribution in [0.2, 0.25) is 0 Å². The summed E-state index contributed by atoms with van der Waals surface area (Å²) < 4.78 is 1.58. The number of aryl methyl sites for hydroxylation is 2. The SMILES string of the molecule is Cc1nn2nc(C(C)CN3C(=O)CC(C)C3=O)[nH]c2c1C. The quantitative estimate of drug-likeness (QED) is 0.860. The molecule has 7 heteroatoms. The van der Waals surface area contributed by atoms with Gasteiger partial charge >= 0.3 is 0 Å². The number of carbonyl (C=O) groups excluding carboxylic acids is 2. The lowest BCUT2D eigenvalue weighted by Crippen LogP contribution is -2.33. The van der Waals surface area contributed by atoms with Crippen LogP contribution in [0.5, 0.6) is 0 Å². The van der Waals surface area contributed by atoms with Crippen LogP contribution in [0, 0.1) is 19.8 Å². The smallest absolute Gasteiger partial charge is 0.232 e. The van der Waals surface area contributed by atoms with Crippen molar-refractivity contribution in [2.45, 2.75) is 40.0 Å². The summed E-state index contributed by atoms with van der Waals surface area (Å²) in [4.78, 5) is 28.4. The molecule has 1 saturated heterocycles. The van der Waals surface area contributed by atoms with Crippen molar-refractivity contribution in [3.8, 4) is 0 Å². The lowest BCUT2D eigenvalue weighted by Gasteiger charge is -2.17. The molecule has 0 aromatic carbocycles. The van der Waals surface area contributed by atoms with E-state index in [-0.39, 0.29) is 23.7 Å². The van der Waals surface area contributed by atoms with E-state index in [0.29, 0.717) is 13.0 Å². The minimum Gasteiger partial charge on any atom is -0.325 e. The van der Waals surface area contributed by atoms with Crippen molar-refractivity contribution < 1.29 is 9.59 Å². The first kappa shape index (κ1) is 13.8. The number of nitrogens with zero attached hydrogens (tertiary/aromatic N) is 4. The fraction of sp³-hybridized carbons (Fsp3) is 0.571. The first-order chi connectivity index (χ1) is 9.88. The largest absolute Gasteiger partial charge is 0.325 e. The number of carbonyl (C=O) groups is 2. The fourth-order valence-corrected chi connectivity index (χ4v) is 2.68. The van der Waals surface area contributed by atoms with E-state index in [1.165, 1.54) is 4.90 Å². The molecule has 21 heavy (non-hydrogen) atoms. The average Bonchev–Trinajstić information content (AvgIpc) is 3.02. The predicted octanol–water partition coefficient (Wildman–Crippen LogP) is 1.17. The van der Waals surface area contributed by atoms with Gasteiger partial charge in [0, 0.05) is 30.4 Å². The summed E-state index contributed by atoms with van der Waals surface area (Å²) in [7, 11) is 0. The van der Waals surface area contributed by atoms with Gasteiger partial charge in [0.2, 0.25) is 11.8 Å². The summed E-state index contributed by atoms with van der Waals surface area (Å²) in [5, 5.41) is 8.72. The standard InChI is InChI=1S/C14H19N5O2/c1-7-5-11(20)18(14(7)21)6-8(2)12-15-13-9(3)10(4)16-19(13)17-12/h7-8H,5-6H2,1-4H3,(H,15,17). The van der Waals surface area contributed by atoms with Crippen molar-refractivity contribution in [3.63, 3.8) is 0 Å². The number of fused-ring (bicyclic) bond motifs is 1. The Hall–Kier alpha value is -2.18. The third-order valence-corrected chi connectivity index (χ3v) is 4.18. The van der Waals surface area contributed by atoms with E-state index in [1.54, 1.807) is 11.6 Å². The van der Waals surface area contributed by atoms with Crippen LogP contribution >= 0.6 is 0 Å². The number of aromatic amines is 1. The molecule has 3 heterocycles. The second-order valence-electron chi connectivity index (χ2n) is 5.91. The highest BCUT2D eigenvalue weighted by Crippen LogP contribution is 2.23. The zero-order chi connectivity index (χ0) is 15.3. The number of rotatable bonds is 3. The number of aromatic nitrogens is 4. The molecule has 0 saturated carbocycles. The third-order valence-electron chi connectivity index (χ3n) is 4.18. The Morgan fingerprint density at radius 3 is 2.62 bits per heavy atom. The van der Waals surface area contributed by atoms with E-state index in [2.05, 4.69) is 15.2 Å². The summed E-state index contributed by atoms with van der Waals surface area (Å²) in [6.07, 6.45) is 0.311. The molecular weight excluding hydrogens is 270 g/mol. The lowest BCUT2D eigenvalue weighted by atomic mass is 10.1. The van der Waals surface area contributed by atoms with Gasteiger partial charge < -0.3 is 4.98 Å². The third kappa shape index (κ3) is 2.12. The van der Waals surface area contributed by atoms with Crippen LogP contribution in [-0.4, -0.2) is 43.1 Å². The zero-order valence-corrected chi connectivity index (χ0v) is 12.7. The number of amides is 2. The van der Waals surface area contributed by atoms with Crippen molar-refractivity contribution in [1.82, 2.24) is 24.7 Å².